The molecule has 1 saturated carbocycles. The van der Waals surface area contributed by atoms with E-state index < -0.39 is 29.2 Å². The summed E-state index contributed by atoms with van der Waals surface area (Å²) in [5.41, 5.74) is -0.213. The quantitative estimate of drug-likeness (QED) is 0.556. The van der Waals surface area contributed by atoms with Crippen LogP contribution in [0.25, 0.3) is 0 Å². The number of hydrogen-bond acceptors (Lipinski definition) is 5. The summed E-state index contributed by atoms with van der Waals surface area (Å²) in [6.45, 7) is 3.14. The number of aromatic carboxylic acids is 1. The molecular weight excluding hydrogens is 513 g/mol. The number of aliphatic hydroxyl groups is 1. The fraction of sp³-hybridized carbons (Fsp3) is 0.517. The molecule has 0 aromatic heterocycles. The van der Waals surface area contributed by atoms with Crippen molar-refractivity contribution in [3.63, 3.8) is 0 Å². The van der Waals surface area contributed by atoms with Crippen LogP contribution in [0, 0.1) is 5.41 Å². The van der Waals surface area contributed by atoms with Gasteiger partial charge in [-0.05, 0) is 93.9 Å². The third-order valence-corrected chi connectivity index (χ3v) is 8.81. The van der Waals surface area contributed by atoms with Crippen molar-refractivity contribution in [2.75, 3.05) is 19.8 Å². The number of ether oxygens (including phenoxy) is 1. The number of fused-ring (bicyclic) bond motifs is 1. The zero-order chi connectivity index (χ0) is 27.9. The molecule has 0 spiro atoms. The van der Waals surface area contributed by atoms with E-state index in [1.807, 2.05) is 6.07 Å². The highest BCUT2D eigenvalue weighted by Gasteiger charge is 2.52. The maximum absolute atomic E-state index is 13.8. The summed E-state index contributed by atoms with van der Waals surface area (Å²) in [5, 5.41) is 20.1. The van der Waals surface area contributed by atoms with Crippen LogP contribution in [0.1, 0.15) is 72.0 Å². The van der Waals surface area contributed by atoms with Gasteiger partial charge in [-0.2, -0.15) is 13.2 Å². The maximum Gasteiger partial charge on any atom is 0.416 e. The zero-order valence-electron chi connectivity index (χ0n) is 21.8. The number of nitrogens with zero attached hydrogens (tertiary/aromatic N) is 2. The second-order valence-electron chi connectivity index (χ2n) is 11.1. The Morgan fingerprint density at radius 1 is 1.10 bits per heavy atom. The number of aliphatic hydroxyl groups excluding tert-OH is 1. The Hall–Kier alpha value is -3.11. The van der Waals surface area contributed by atoms with Gasteiger partial charge in [0.2, 0.25) is 5.91 Å². The first kappa shape index (κ1) is 27.5. The average Bonchev–Trinajstić information content (AvgIpc) is 3.39. The Bertz CT molecular complexity index is 1240. The molecule has 3 aliphatic rings. The number of carboxylic acids is 1. The van der Waals surface area contributed by atoms with Crippen molar-refractivity contribution >= 4 is 11.9 Å². The van der Waals surface area contributed by atoms with Gasteiger partial charge in [0.15, 0.2) is 6.73 Å². The molecule has 1 saturated heterocycles. The number of alkyl halides is 3. The zero-order valence-corrected chi connectivity index (χ0v) is 21.8. The molecule has 2 N–H and O–H groups in total. The number of carboxylic acid groups (broad SMARTS) is 1. The normalized spacial score (nSPS) is 25.2. The second kappa shape index (κ2) is 10.5. The predicted octanol–water partition coefficient (Wildman–Crippen LogP) is 4.88. The molecule has 2 aromatic rings. The minimum Gasteiger partial charge on any atom is -0.478 e. The molecule has 10 heteroatoms. The summed E-state index contributed by atoms with van der Waals surface area (Å²) in [6.07, 6.45) is -1.99. The minimum absolute atomic E-state index is 0.00196. The van der Waals surface area contributed by atoms with Crippen LogP contribution in [0.3, 0.4) is 0 Å². The smallest absolute Gasteiger partial charge is 0.416 e. The Kier molecular flexibility index (Phi) is 7.37. The first-order valence-electron chi connectivity index (χ1n) is 13.4. The molecule has 7 nitrogen and oxygen atoms in total. The molecule has 0 radical (unpaired) electrons. The van der Waals surface area contributed by atoms with Crippen molar-refractivity contribution in [2.24, 2.45) is 5.41 Å². The highest BCUT2D eigenvalue weighted by Crippen LogP contribution is 2.46. The predicted molar refractivity (Wildman–Crippen MR) is 136 cm³/mol. The van der Waals surface area contributed by atoms with Gasteiger partial charge in [-0.1, -0.05) is 12.1 Å². The highest BCUT2D eigenvalue weighted by atomic mass is 19.4. The molecule has 2 heterocycles. The summed E-state index contributed by atoms with van der Waals surface area (Å²) in [6, 6.07) is 10.5. The molecule has 2 aromatic carbocycles. The molecule has 3 atom stereocenters. The van der Waals surface area contributed by atoms with Crippen LogP contribution >= 0.6 is 0 Å². The van der Waals surface area contributed by atoms with Crippen LogP contribution in [0.5, 0.6) is 5.75 Å². The van der Waals surface area contributed by atoms with Crippen LogP contribution in [-0.4, -0.2) is 63.9 Å². The third-order valence-electron chi connectivity index (χ3n) is 8.81. The number of halogens is 3. The summed E-state index contributed by atoms with van der Waals surface area (Å²) >= 11 is 0. The van der Waals surface area contributed by atoms with Crippen LogP contribution in [0.2, 0.25) is 0 Å². The molecule has 2 aliphatic heterocycles. The average molecular weight is 547 g/mol. The van der Waals surface area contributed by atoms with Gasteiger partial charge in [0.25, 0.3) is 0 Å². The van der Waals surface area contributed by atoms with Crippen molar-refractivity contribution in [3.8, 4) is 5.75 Å². The standard InChI is InChI=1S/C29H33F3N2O5/c1-18(35)28(27(38)34-16-22-14-23(29(30,31)32)5-6-25(22)39-17-34)10-7-24(15-28)33-11-8-19(9-12-33)20-3-2-4-21(13-20)26(36)37/h2-6,13-14,18-19,24,35H,7-12,15-17H2,1H3,(H,36,37)/t18-,24+,28-/m0/s1. The molecule has 39 heavy (non-hydrogen) atoms. The number of carbonyl (C=O) groups is 2. The molecule has 2 fully saturated rings. The third kappa shape index (κ3) is 5.36. The highest BCUT2D eigenvalue weighted by molar-refractivity contribution is 5.87. The molecule has 0 unspecified atom stereocenters. The summed E-state index contributed by atoms with van der Waals surface area (Å²) < 4.78 is 45.3. The van der Waals surface area contributed by atoms with E-state index in [1.165, 1.54) is 11.0 Å². The first-order valence-corrected chi connectivity index (χ1v) is 13.4. The summed E-state index contributed by atoms with van der Waals surface area (Å²) in [4.78, 5) is 28.9. The van der Waals surface area contributed by atoms with E-state index in [-0.39, 0.29) is 36.7 Å². The molecule has 1 aliphatic carbocycles. The van der Waals surface area contributed by atoms with E-state index in [4.69, 9.17) is 4.74 Å². The Balaban J connectivity index is 1.25. The number of benzene rings is 2. The largest absolute Gasteiger partial charge is 0.478 e. The molecular formula is C29H33F3N2O5. The molecule has 5 rings (SSSR count). The van der Waals surface area contributed by atoms with Crippen molar-refractivity contribution in [2.45, 2.75) is 69.8 Å². The van der Waals surface area contributed by atoms with Crippen molar-refractivity contribution in [1.82, 2.24) is 9.80 Å². The number of amides is 1. The lowest BCUT2D eigenvalue weighted by Crippen LogP contribution is -2.51. The number of hydrogen-bond donors (Lipinski definition) is 2. The topological polar surface area (TPSA) is 90.3 Å². The van der Waals surface area contributed by atoms with E-state index in [9.17, 15) is 33.0 Å². The molecule has 1 amide bonds. The van der Waals surface area contributed by atoms with Gasteiger partial charge >= 0.3 is 12.1 Å². The summed E-state index contributed by atoms with van der Waals surface area (Å²) in [7, 11) is 0. The number of carbonyl (C=O) groups excluding carboxylic acids is 1. The number of piperidine rings is 1. The van der Waals surface area contributed by atoms with Gasteiger partial charge in [-0.25, -0.2) is 4.79 Å². The van der Waals surface area contributed by atoms with Crippen LogP contribution in [0.15, 0.2) is 42.5 Å². The van der Waals surface area contributed by atoms with Crippen molar-refractivity contribution in [3.05, 3.63) is 64.7 Å². The number of rotatable bonds is 5. The molecule has 0 bridgehead atoms. The first-order chi connectivity index (χ1) is 18.5. The van der Waals surface area contributed by atoms with Crippen molar-refractivity contribution < 1.29 is 37.7 Å². The van der Waals surface area contributed by atoms with E-state index in [1.54, 1.807) is 25.1 Å². The second-order valence-corrected chi connectivity index (χ2v) is 11.1. The van der Waals surface area contributed by atoms with Gasteiger partial charge in [-0.15, -0.1) is 0 Å². The maximum atomic E-state index is 13.8. The monoisotopic (exact) mass is 546 g/mol. The van der Waals surface area contributed by atoms with Crippen molar-refractivity contribution in [1.29, 1.82) is 0 Å². The van der Waals surface area contributed by atoms with Gasteiger partial charge in [-0.3, -0.25) is 4.79 Å². The fourth-order valence-electron chi connectivity index (χ4n) is 6.50. The lowest BCUT2D eigenvalue weighted by atomic mass is 9.79. The lowest BCUT2D eigenvalue weighted by Gasteiger charge is -2.40. The Morgan fingerprint density at radius 3 is 2.51 bits per heavy atom. The number of likely N-dealkylation sites (tertiary alicyclic amines) is 1. The van der Waals surface area contributed by atoms with Crippen LogP contribution in [-0.2, 0) is 17.5 Å². The minimum atomic E-state index is -4.49. The van der Waals surface area contributed by atoms with Gasteiger partial charge < -0.3 is 24.7 Å². The van der Waals surface area contributed by atoms with E-state index in [2.05, 4.69) is 4.90 Å². The fourth-order valence-corrected chi connectivity index (χ4v) is 6.50. The van der Waals surface area contributed by atoms with E-state index in [0.717, 1.165) is 50.0 Å². The Morgan fingerprint density at radius 2 is 1.85 bits per heavy atom. The Labute approximate surface area is 225 Å². The van der Waals surface area contributed by atoms with Gasteiger partial charge in [0.05, 0.1) is 29.2 Å². The van der Waals surface area contributed by atoms with E-state index >= 15 is 0 Å². The molecule has 210 valence electrons. The van der Waals surface area contributed by atoms with E-state index in [0.29, 0.717) is 24.2 Å². The lowest BCUT2D eigenvalue weighted by molar-refractivity contribution is -0.153. The van der Waals surface area contributed by atoms with Crippen LogP contribution in [0.4, 0.5) is 13.2 Å². The summed E-state index contributed by atoms with van der Waals surface area (Å²) in [5.74, 6) is -0.636. The van der Waals surface area contributed by atoms with Gasteiger partial charge in [0.1, 0.15) is 5.75 Å². The van der Waals surface area contributed by atoms with Gasteiger partial charge in [0, 0.05) is 11.6 Å². The SMILES string of the molecule is C[C@H](O)[C@]1(C(=O)N2COc3ccc(C(F)(F)F)cc3C2)CC[C@@H](N2CCC(c3cccc(C(=O)O)c3)CC2)C1. The van der Waals surface area contributed by atoms with Crippen LogP contribution < -0.4 is 4.74 Å².